The smallest absolute Gasteiger partial charge is 0.0167 e. The molecule has 0 heterocycles. The molecule has 0 aliphatic heterocycles. The summed E-state index contributed by atoms with van der Waals surface area (Å²) >= 11 is 0. The van der Waals surface area contributed by atoms with Crippen molar-refractivity contribution < 1.29 is 0 Å². The number of hydrogen-bond acceptors (Lipinski definition) is 0. The SMILES string of the molecule is C1=CC2CCCC2C=C1.Cl. The Morgan fingerprint density at radius 1 is 0.900 bits per heavy atom. The van der Waals surface area contributed by atoms with Gasteiger partial charge in [-0.25, -0.2) is 0 Å². The Labute approximate surface area is 68.4 Å². The number of halogens is 1. The maximum Gasteiger partial charge on any atom is -0.0167 e. The number of hydrogen-bond donors (Lipinski definition) is 0. The van der Waals surface area contributed by atoms with E-state index in [0.29, 0.717) is 0 Å². The average Bonchev–Trinajstić information content (AvgIpc) is 2.33. The zero-order valence-corrected chi connectivity index (χ0v) is 6.81. The molecule has 0 amide bonds. The Morgan fingerprint density at radius 2 is 1.40 bits per heavy atom. The van der Waals surface area contributed by atoms with E-state index in [1.807, 2.05) is 0 Å². The molecular formula is C9H13Cl. The van der Waals surface area contributed by atoms with Crippen LogP contribution in [0.25, 0.3) is 0 Å². The summed E-state index contributed by atoms with van der Waals surface area (Å²) in [6.07, 6.45) is 13.4. The minimum absolute atomic E-state index is 0. The maximum absolute atomic E-state index is 2.36. The molecule has 0 spiro atoms. The molecule has 2 unspecified atom stereocenters. The van der Waals surface area contributed by atoms with Gasteiger partial charge in [0.15, 0.2) is 0 Å². The van der Waals surface area contributed by atoms with Crippen molar-refractivity contribution in [1.29, 1.82) is 0 Å². The first-order valence-electron chi connectivity index (χ1n) is 3.82. The lowest BCUT2D eigenvalue weighted by Crippen LogP contribution is -2.03. The zero-order chi connectivity index (χ0) is 6.10. The zero-order valence-electron chi connectivity index (χ0n) is 5.99. The van der Waals surface area contributed by atoms with Gasteiger partial charge < -0.3 is 0 Å². The highest BCUT2D eigenvalue weighted by Crippen LogP contribution is 2.35. The highest BCUT2D eigenvalue weighted by atomic mass is 35.5. The van der Waals surface area contributed by atoms with Crippen molar-refractivity contribution in [3.8, 4) is 0 Å². The second-order valence-electron chi connectivity index (χ2n) is 3.03. The molecule has 1 heteroatoms. The van der Waals surface area contributed by atoms with Gasteiger partial charge in [0.2, 0.25) is 0 Å². The van der Waals surface area contributed by atoms with Crippen molar-refractivity contribution in [3.05, 3.63) is 24.3 Å². The van der Waals surface area contributed by atoms with Gasteiger partial charge in [-0.1, -0.05) is 30.7 Å². The summed E-state index contributed by atoms with van der Waals surface area (Å²) in [7, 11) is 0. The van der Waals surface area contributed by atoms with Gasteiger partial charge in [-0.05, 0) is 24.7 Å². The largest absolute Gasteiger partial charge is 0.147 e. The summed E-state index contributed by atoms with van der Waals surface area (Å²) in [5, 5.41) is 0. The molecule has 2 atom stereocenters. The Morgan fingerprint density at radius 3 is 1.90 bits per heavy atom. The van der Waals surface area contributed by atoms with Gasteiger partial charge in [-0.15, -0.1) is 12.4 Å². The van der Waals surface area contributed by atoms with Crippen molar-refractivity contribution in [1.82, 2.24) is 0 Å². The average molecular weight is 157 g/mol. The van der Waals surface area contributed by atoms with E-state index in [1.165, 1.54) is 19.3 Å². The van der Waals surface area contributed by atoms with Crippen LogP contribution in [0, 0.1) is 11.8 Å². The molecule has 0 saturated heterocycles. The monoisotopic (exact) mass is 156 g/mol. The van der Waals surface area contributed by atoms with Crippen LogP contribution >= 0.6 is 12.4 Å². The predicted octanol–water partition coefficient (Wildman–Crippen LogP) is 2.95. The van der Waals surface area contributed by atoms with Gasteiger partial charge in [0.25, 0.3) is 0 Å². The molecule has 2 aliphatic carbocycles. The summed E-state index contributed by atoms with van der Waals surface area (Å²) in [6, 6.07) is 0. The van der Waals surface area contributed by atoms with Crippen LogP contribution in [0.2, 0.25) is 0 Å². The summed E-state index contributed by atoms with van der Waals surface area (Å²) in [5.41, 5.74) is 0. The molecule has 0 N–H and O–H groups in total. The number of rotatable bonds is 0. The lowest BCUT2D eigenvalue weighted by atomic mass is 9.92. The highest BCUT2D eigenvalue weighted by Gasteiger charge is 2.23. The van der Waals surface area contributed by atoms with E-state index in [4.69, 9.17) is 0 Å². The van der Waals surface area contributed by atoms with Crippen LogP contribution in [0.4, 0.5) is 0 Å². The molecule has 0 aromatic rings. The van der Waals surface area contributed by atoms with Crippen LogP contribution in [0.5, 0.6) is 0 Å². The van der Waals surface area contributed by atoms with Gasteiger partial charge in [0.05, 0.1) is 0 Å². The summed E-state index contributed by atoms with van der Waals surface area (Å²) in [5.74, 6) is 1.80. The number of fused-ring (bicyclic) bond motifs is 1. The van der Waals surface area contributed by atoms with E-state index in [0.717, 1.165) is 11.8 Å². The predicted molar refractivity (Wildman–Crippen MR) is 46.4 cm³/mol. The van der Waals surface area contributed by atoms with E-state index in [2.05, 4.69) is 24.3 Å². The molecule has 0 aromatic carbocycles. The minimum atomic E-state index is 0. The standard InChI is InChI=1S/C9H12.ClH/c1-2-5-9-7-3-6-8(9)4-1;/h1-2,4-5,8-9H,3,6-7H2;1H. The van der Waals surface area contributed by atoms with Crippen LogP contribution < -0.4 is 0 Å². The van der Waals surface area contributed by atoms with E-state index < -0.39 is 0 Å². The molecular weight excluding hydrogens is 144 g/mol. The fourth-order valence-corrected chi connectivity index (χ4v) is 1.91. The molecule has 0 nitrogen and oxygen atoms in total. The summed E-state index contributed by atoms with van der Waals surface area (Å²) in [6.45, 7) is 0. The van der Waals surface area contributed by atoms with Gasteiger partial charge in [0.1, 0.15) is 0 Å². The molecule has 0 radical (unpaired) electrons. The normalized spacial score (nSPS) is 35.2. The lowest BCUT2D eigenvalue weighted by molar-refractivity contribution is 0.552. The summed E-state index contributed by atoms with van der Waals surface area (Å²) in [4.78, 5) is 0. The topological polar surface area (TPSA) is 0 Å². The molecule has 1 fully saturated rings. The molecule has 56 valence electrons. The Kier molecular flexibility index (Phi) is 2.56. The third kappa shape index (κ3) is 1.27. The van der Waals surface area contributed by atoms with Gasteiger partial charge >= 0.3 is 0 Å². The van der Waals surface area contributed by atoms with Crippen molar-refractivity contribution in [2.45, 2.75) is 19.3 Å². The van der Waals surface area contributed by atoms with Crippen LogP contribution in [0.15, 0.2) is 24.3 Å². The molecule has 2 rings (SSSR count). The Hall–Kier alpha value is -0.230. The van der Waals surface area contributed by atoms with Crippen molar-refractivity contribution in [2.75, 3.05) is 0 Å². The first kappa shape index (κ1) is 7.87. The highest BCUT2D eigenvalue weighted by molar-refractivity contribution is 5.85. The van der Waals surface area contributed by atoms with Crippen LogP contribution in [-0.2, 0) is 0 Å². The third-order valence-corrected chi connectivity index (χ3v) is 2.45. The van der Waals surface area contributed by atoms with Crippen molar-refractivity contribution in [2.24, 2.45) is 11.8 Å². The van der Waals surface area contributed by atoms with Crippen molar-refractivity contribution >= 4 is 12.4 Å². The first-order valence-corrected chi connectivity index (χ1v) is 3.82. The van der Waals surface area contributed by atoms with Gasteiger partial charge in [0, 0.05) is 0 Å². The lowest BCUT2D eigenvalue weighted by Gasteiger charge is -2.13. The molecule has 0 bridgehead atoms. The second kappa shape index (κ2) is 3.25. The minimum Gasteiger partial charge on any atom is -0.147 e. The van der Waals surface area contributed by atoms with E-state index in [9.17, 15) is 0 Å². The molecule has 1 saturated carbocycles. The van der Waals surface area contributed by atoms with Gasteiger partial charge in [-0.3, -0.25) is 0 Å². The first-order chi connectivity index (χ1) is 4.47. The maximum atomic E-state index is 2.36. The van der Waals surface area contributed by atoms with Crippen LogP contribution in [-0.4, -0.2) is 0 Å². The fourth-order valence-electron chi connectivity index (χ4n) is 1.91. The van der Waals surface area contributed by atoms with E-state index in [1.54, 1.807) is 0 Å². The quantitative estimate of drug-likeness (QED) is 0.506. The summed E-state index contributed by atoms with van der Waals surface area (Å²) < 4.78 is 0. The van der Waals surface area contributed by atoms with Crippen LogP contribution in [0.3, 0.4) is 0 Å². The van der Waals surface area contributed by atoms with Crippen molar-refractivity contribution in [3.63, 3.8) is 0 Å². The molecule has 0 aromatic heterocycles. The fraction of sp³-hybridized carbons (Fsp3) is 0.556. The second-order valence-corrected chi connectivity index (χ2v) is 3.03. The van der Waals surface area contributed by atoms with Crippen LogP contribution in [0.1, 0.15) is 19.3 Å². The van der Waals surface area contributed by atoms with Gasteiger partial charge in [-0.2, -0.15) is 0 Å². The molecule has 10 heavy (non-hydrogen) atoms. The Balaban J connectivity index is 0.000000500. The van der Waals surface area contributed by atoms with E-state index >= 15 is 0 Å². The molecule has 2 aliphatic rings. The Bertz CT molecular complexity index is 140. The number of allylic oxidation sites excluding steroid dienone is 4. The van der Waals surface area contributed by atoms with E-state index in [-0.39, 0.29) is 12.4 Å². The third-order valence-electron chi connectivity index (χ3n) is 2.45.